The van der Waals surface area contributed by atoms with Crippen LogP contribution in [-0.2, 0) is 0 Å². The predicted molar refractivity (Wildman–Crippen MR) is 49.0 cm³/mol. The molecule has 0 amide bonds. The Balaban J connectivity index is 3.36. The Morgan fingerprint density at radius 3 is 2.36 bits per heavy atom. The van der Waals surface area contributed by atoms with Gasteiger partial charge in [-0.15, -0.1) is 0 Å². The van der Waals surface area contributed by atoms with Crippen LogP contribution in [0, 0.1) is 11.3 Å². The molecule has 0 saturated carbocycles. The molecule has 0 fully saturated rings. The van der Waals surface area contributed by atoms with Crippen molar-refractivity contribution < 1.29 is 9.59 Å². The van der Waals surface area contributed by atoms with E-state index in [-0.39, 0.29) is 23.0 Å². The fourth-order valence-electron chi connectivity index (χ4n) is 0.971. The van der Waals surface area contributed by atoms with Crippen LogP contribution in [0.4, 0.5) is 0 Å². The maximum absolute atomic E-state index is 11.0. The second-order valence-corrected chi connectivity index (χ2v) is 2.85. The van der Waals surface area contributed by atoms with Gasteiger partial charge >= 0.3 is 0 Å². The number of hydrogen-bond donors (Lipinski definition) is 0. The minimum absolute atomic E-state index is 0.0860. The molecule has 0 aliphatic carbocycles. The van der Waals surface area contributed by atoms with Gasteiger partial charge in [0.2, 0.25) is 0 Å². The highest BCUT2D eigenvalue weighted by molar-refractivity contribution is 5.98. The minimum atomic E-state index is -0.260. The van der Waals surface area contributed by atoms with Crippen molar-refractivity contribution in [1.29, 1.82) is 5.26 Å². The van der Waals surface area contributed by atoms with E-state index in [0.29, 0.717) is 5.56 Å². The summed E-state index contributed by atoms with van der Waals surface area (Å²) in [4.78, 5) is 25.8. The first-order valence-corrected chi connectivity index (χ1v) is 3.98. The Hall–Kier alpha value is -2.02. The Morgan fingerprint density at radius 1 is 1.29 bits per heavy atom. The number of nitrogens with zero attached hydrogens (tertiary/aromatic N) is 2. The fourth-order valence-corrected chi connectivity index (χ4v) is 0.971. The fraction of sp³-hybridized carbons (Fsp3) is 0.200. The molecule has 0 spiro atoms. The second-order valence-electron chi connectivity index (χ2n) is 2.85. The maximum atomic E-state index is 11.0. The van der Waals surface area contributed by atoms with E-state index in [1.807, 2.05) is 0 Å². The van der Waals surface area contributed by atoms with Gasteiger partial charge < -0.3 is 0 Å². The number of carbonyl (C=O) groups excluding carboxylic acids is 2. The molecule has 1 aromatic rings. The van der Waals surface area contributed by atoms with E-state index in [1.54, 1.807) is 6.07 Å². The highest BCUT2D eigenvalue weighted by Crippen LogP contribution is 2.07. The van der Waals surface area contributed by atoms with Crippen LogP contribution in [0.3, 0.4) is 0 Å². The Kier molecular flexibility index (Phi) is 2.73. The average Bonchev–Trinajstić information content (AvgIpc) is 2.16. The summed E-state index contributed by atoms with van der Waals surface area (Å²) in [6.45, 7) is 2.72. The third-order valence-electron chi connectivity index (χ3n) is 1.71. The Bertz CT molecular complexity index is 412. The molecule has 0 aliphatic rings. The molecule has 0 aliphatic heterocycles. The van der Waals surface area contributed by atoms with Crippen molar-refractivity contribution in [3.63, 3.8) is 0 Å². The van der Waals surface area contributed by atoms with Gasteiger partial charge in [0, 0.05) is 12.5 Å². The van der Waals surface area contributed by atoms with E-state index in [1.165, 1.54) is 26.0 Å². The standard InChI is InChI=1S/C10H8N2O2/c1-6(13)8-3-9(5-11)12-10(4-8)7(2)14/h3-4H,1-2H3. The molecule has 14 heavy (non-hydrogen) atoms. The molecule has 0 unspecified atom stereocenters. The lowest BCUT2D eigenvalue weighted by Crippen LogP contribution is -2.03. The van der Waals surface area contributed by atoms with Gasteiger partial charge in [-0.2, -0.15) is 5.26 Å². The molecule has 0 aromatic carbocycles. The van der Waals surface area contributed by atoms with Gasteiger partial charge in [0.1, 0.15) is 17.5 Å². The van der Waals surface area contributed by atoms with Crippen LogP contribution in [0.5, 0.6) is 0 Å². The monoisotopic (exact) mass is 188 g/mol. The number of carbonyl (C=O) groups is 2. The zero-order chi connectivity index (χ0) is 10.7. The van der Waals surface area contributed by atoms with E-state index in [2.05, 4.69) is 4.98 Å². The quantitative estimate of drug-likeness (QED) is 0.657. The number of rotatable bonds is 2. The zero-order valence-corrected chi connectivity index (χ0v) is 7.87. The summed E-state index contributed by atoms with van der Waals surface area (Å²) in [6.07, 6.45) is 0. The third kappa shape index (κ3) is 2.02. The third-order valence-corrected chi connectivity index (χ3v) is 1.71. The number of hydrogen-bond acceptors (Lipinski definition) is 4. The molecule has 0 radical (unpaired) electrons. The molecule has 0 atom stereocenters. The molecule has 4 heteroatoms. The molecule has 1 rings (SSSR count). The molecule has 0 N–H and O–H groups in total. The van der Waals surface area contributed by atoms with Crippen LogP contribution in [0.25, 0.3) is 0 Å². The van der Waals surface area contributed by atoms with E-state index in [9.17, 15) is 9.59 Å². The van der Waals surface area contributed by atoms with Gasteiger partial charge in [-0.1, -0.05) is 0 Å². The minimum Gasteiger partial charge on any atom is -0.295 e. The van der Waals surface area contributed by atoms with Crippen LogP contribution in [0.1, 0.15) is 40.4 Å². The number of ketones is 2. The summed E-state index contributed by atoms with van der Waals surface area (Å²) in [5.74, 6) is -0.448. The highest BCUT2D eigenvalue weighted by atomic mass is 16.1. The molecular formula is C10H8N2O2. The number of aromatic nitrogens is 1. The summed E-state index contributed by atoms with van der Waals surface area (Å²) in [7, 11) is 0. The molecule has 1 heterocycles. The van der Waals surface area contributed by atoms with Crippen molar-refractivity contribution in [3.8, 4) is 6.07 Å². The van der Waals surface area contributed by atoms with Gasteiger partial charge in [0.25, 0.3) is 0 Å². The van der Waals surface area contributed by atoms with Crippen LogP contribution in [-0.4, -0.2) is 16.6 Å². The first kappa shape index (κ1) is 10.1. The van der Waals surface area contributed by atoms with E-state index in [0.717, 1.165) is 0 Å². The van der Waals surface area contributed by atoms with Crippen molar-refractivity contribution in [3.05, 3.63) is 29.1 Å². The highest BCUT2D eigenvalue weighted by Gasteiger charge is 2.08. The van der Waals surface area contributed by atoms with Crippen molar-refractivity contribution in [2.45, 2.75) is 13.8 Å². The molecule has 1 aromatic heterocycles. The van der Waals surface area contributed by atoms with E-state index >= 15 is 0 Å². The lowest BCUT2D eigenvalue weighted by Gasteiger charge is -1.99. The first-order chi connectivity index (χ1) is 6.54. The van der Waals surface area contributed by atoms with Crippen LogP contribution < -0.4 is 0 Å². The summed E-state index contributed by atoms with van der Waals surface area (Å²) in [5.41, 5.74) is 0.568. The molecule has 0 saturated heterocycles. The molecule has 0 bridgehead atoms. The summed E-state index contributed by atoms with van der Waals surface area (Å²) in [6, 6.07) is 4.57. The van der Waals surface area contributed by atoms with Gasteiger partial charge in [0.05, 0.1) is 0 Å². The SMILES string of the molecule is CC(=O)c1cc(C#N)nc(C(C)=O)c1. The van der Waals surface area contributed by atoms with Crippen molar-refractivity contribution in [1.82, 2.24) is 4.98 Å². The maximum Gasteiger partial charge on any atom is 0.178 e. The van der Waals surface area contributed by atoms with E-state index in [4.69, 9.17) is 5.26 Å². The Labute approximate surface area is 81.2 Å². The van der Waals surface area contributed by atoms with Crippen LogP contribution in [0.2, 0.25) is 0 Å². The normalized spacial score (nSPS) is 9.21. The first-order valence-electron chi connectivity index (χ1n) is 3.98. The lowest BCUT2D eigenvalue weighted by molar-refractivity contribution is 0.101. The summed E-state index contributed by atoms with van der Waals surface area (Å²) in [5, 5.41) is 8.61. The zero-order valence-electron chi connectivity index (χ0n) is 7.87. The number of pyridine rings is 1. The van der Waals surface area contributed by atoms with Crippen molar-refractivity contribution >= 4 is 11.6 Å². The van der Waals surface area contributed by atoms with Crippen LogP contribution >= 0.6 is 0 Å². The van der Waals surface area contributed by atoms with Gasteiger partial charge in [0.15, 0.2) is 11.6 Å². The number of Topliss-reactive ketones (excluding diaryl/α,β-unsaturated/α-hetero) is 2. The summed E-state index contributed by atoms with van der Waals surface area (Å²) >= 11 is 0. The van der Waals surface area contributed by atoms with Crippen molar-refractivity contribution in [2.75, 3.05) is 0 Å². The molecule has 70 valence electrons. The number of nitriles is 1. The smallest absolute Gasteiger partial charge is 0.178 e. The second kappa shape index (κ2) is 3.79. The largest absolute Gasteiger partial charge is 0.295 e. The topological polar surface area (TPSA) is 70.8 Å². The lowest BCUT2D eigenvalue weighted by atomic mass is 10.1. The van der Waals surface area contributed by atoms with Gasteiger partial charge in [-0.25, -0.2) is 4.98 Å². The van der Waals surface area contributed by atoms with E-state index < -0.39 is 0 Å². The Morgan fingerprint density at radius 2 is 1.93 bits per heavy atom. The predicted octanol–water partition coefficient (Wildman–Crippen LogP) is 1.36. The van der Waals surface area contributed by atoms with Crippen molar-refractivity contribution in [2.24, 2.45) is 0 Å². The molecule has 4 nitrogen and oxygen atoms in total. The average molecular weight is 188 g/mol. The van der Waals surface area contributed by atoms with Gasteiger partial charge in [-0.3, -0.25) is 9.59 Å². The van der Waals surface area contributed by atoms with Gasteiger partial charge in [-0.05, 0) is 19.1 Å². The molecular weight excluding hydrogens is 180 g/mol. The van der Waals surface area contributed by atoms with Crippen LogP contribution in [0.15, 0.2) is 12.1 Å². The summed E-state index contributed by atoms with van der Waals surface area (Å²) < 4.78 is 0.